The monoisotopic (exact) mass is 392 g/mol. The minimum Gasteiger partial charge on any atom is -0.493 e. The molecule has 0 bridgehead atoms. The number of methoxy groups -OCH3 is 2. The summed E-state index contributed by atoms with van der Waals surface area (Å²) in [6.07, 6.45) is 0.661. The van der Waals surface area contributed by atoms with Crippen LogP contribution in [0.4, 0.5) is 0 Å². The Morgan fingerprint density at radius 1 is 1.00 bits per heavy atom. The summed E-state index contributed by atoms with van der Waals surface area (Å²) in [7, 11) is 3.25. The van der Waals surface area contributed by atoms with E-state index in [0.29, 0.717) is 29.5 Å². The van der Waals surface area contributed by atoms with Gasteiger partial charge in [-0.3, -0.25) is 0 Å². The van der Waals surface area contributed by atoms with E-state index in [1.807, 2.05) is 48.5 Å². The molecule has 2 aromatic carbocycles. The van der Waals surface area contributed by atoms with Crippen LogP contribution in [-0.4, -0.2) is 34.0 Å². The summed E-state index contributed by atoms with van der Waals surface area (Å²) in [6, 6.07) is 15.7. The molecule has 0 spiro atoms. The average molecular weight is 392 g/mol. The van der Waals surface area contributed by atoms with Crippen LogP contribution in [0.5, 0.6) is 11.5 Å². The predicted octanol–water partition coefficient (Wildman–Crippen LogP) is 4.21. The lowest BCUT2D eigenvalue weighted by Gasteiger charge is -2.08. The Balaban J connectivity index is 1.49. The van der Waals surface area contributed by atoms with Gasteiger partial charge in [-0.15, -0.1) is 10.2 Å². The van der Waals surface area contributed by atoms with Crippen LogP contribution in [0.1, 0.15) is 10.6 Å². The van der Waals surface area contributed by atoms with Gasteiger partial charge in [-0.05, 0) is 29.8 Å². The van der Waals surface area contributed by atoms with E-state index in [1.54, 1.807) is 18.7 Å². The summed E-state index contributed by atoms with van der Waals surface area (Å²) in [5, 5.41) is 15.1. The molecule has 0 saturated heterocycles. The van der Waals surface area contributed by atoms with Crippen LogP contribution in [0.2, 0.25) is 0 Å². The van der Waals surface area contributed by atoms with E-state index in [1.165, 1.54) is 11.3 Å². The molecule has 3 aromatic heterocycles. The van der Waals surface area contributed by atoms with Gasteiger partial charge in [-0.25, -0.2) is 0 Å². The smallest absolute Gasteiger partial charge is 0.235 e. The first-order chi connectivity index (χ1) is 13.7. The fourth-order valence-corrected chi connectivity index (χ4v) is 4.01. The fourth-order valence-electron chi connectivity index (χ4n) is 3.14. The van der Waals surface area contributed by atoms with Gasteiger partial charge in [0.1, 0.15) is 10.6 Å². The molecule has 0 amide bonds. The highest BCUT2D eigenvalue weighted by Crippen LogP contribution is 2.30. The molecule has 8 heteroatoms. The summed E-state index contributed by atoms with van der Waals surface area (Å²) in [6.45, 7) is 0. The highest BCUT2D eigenvalue weighted by molar-refractivity contribution is 7.16. The second-order valence-electron chi connectivity index (χ2n) is 6.23. The summed E-state index contributed by atoms with van der Waals surface area (Å²) in [5.41, 5.74) is 1.89. The van der Waals surface area contributed by atoms with Crippen LogP contribution in [0.15, 0.2) is 52.9 Å². The number of nitrogens with zero attached hydrogens (tertiary/aromatic N) is 4. The van der Waals surface area contributed by atoms with Crippen molar-refractivity contribution in [2.75, 3.05) is 14.2 Å². The van der Waals surface area contributed by atoms with E-state index in [0.717, 1.165) is 26.5 Å². The molecule has 5 rings (SSSR count). The van der Waals surface area contributed by atoms with Gasteiger partial charge in [-0.2, -0.15) is 9.61 Å². The first-order valence-corrected chi connectivity index (χ1v) is 9.48. The van der Waals surface area contributed by atoms with Crippen molar-refractivity contribution in [2.45, 2.75) is 6.42 Å². The topological polar surface area (TPSA) is 74.7 Å². The van der Waals surface area contributed by atoms with E-state index in [-0.39, 0.29) is 0 Å². The van der Waals surface area contributed by atoms with Gasteiger partial charge in [0, 0.05) is 11.8 Å². The van der Waals surface area contributed by atoms with Gasteiger partial charge in [-0.1, -0.05) is 35.6 Å². The van der Waals surface area contributed by atoms with Gasteiger partial charge < -0.3 is 13.9 Å². The zero-order valence-electron chi connectivity index (χ0n) is 15.2. The maximum absolute atomic E-state index is 5.91. The molecule has 3 heterocycles. The Labute approximate surface area is 164 Å². The number of rotatable bonds is 5. The number of hydrogen-bond donors (Lipinski definition) is 0. The van der Waals surface area contributed by atoms with Crippen LogP contribution in [0, 0.1) is 0 Å². The molecule has 28 heavy (non-hydrogen) atoms. The molecule has 5 aromatic rings. The zero-order valence-corrected chi connectivity index (χ0v) is 16.1. The second-order valence-corrected chi connectivity index (χ2v) is 7.27. The number of benzene rings is 2. The largest absolute Gasteiger partial charge is 0.493 e. The molecule has 0 aliphatic rings. The van der Waals surface area contributed by atoms with Crippen LogP contribution in [0.25, 0.3) is 27.5 Å². The summed E-state index contributed by atoms with van der Waals surface area (Å²) >= 11 is 1.50. The van der Waals surface area contributed by atoms with Crippen LogP contribution < -0.4 is 9.47 Å². The Morgan fingerprint density at radius 3 is 2.68 bits per heavy atom. The third kappa shape index (κ3) is 2.78. The number of furan rings is 1. The molecule has 7 nitrogen and oxygen atoms in total. The zero-order chi connectivity index (χ0) is 19.1. The number of hydrogen-bond acceptors (Lipinski definition) is 7. The average Bonchev–Trinajstić information content (AvgIpc) is 3.41. The third-order valence-electron chi connectivity index (χ3n) is 4.48. The van der Waals surface area contributed by atoms with E-state index >= 15 is 0 Å². The molecule has 0 radical (unpaired) electrons. The lowest BCUT2D eigenvalue weighted by molar-refractivity contribution is 0.354. The first kappa shape index (κ1) is 16.8. The van der Waals surface area contributed by atoms with E-state index in [4.69, 9.17) is 19.0 Å². The Bertz CT molecular complexity index is 1250. The molecule has 0 fully saturated rings. The summed E-state index contributed by atoms with van der Waals surface area (Å²) in [4.78, 5) is 0.728. The van der Waals surface area contributed by atoms with E-state index < -0.39 is 0 Å². The van der Waals surface area contributed by atoms with Gasteiger partial charge in [0.15, 0.2) is 17.3 Å². The maximum Gasteiger partial charge on any atom is 0.235 e. The van der Waals surface area contributed by atoms with Crippen LogP contribution in [0.3, 0.4) is 0 Å². The lowest BCUT2D eigenvalue weighted by Crippen LogP contribution is -1.95. The summed E-state index contributed by atoms with van der Waals surface area (Å²) < 4.78 is 18.3. The van der Waals surface area contributed by atoms with Crippen molar-refractivity contribution in [3.63, 3.8) is 0 Å². The van der Waals surface area contributed by atoms with Crippen molar-refractivity contribution < 1.29 is 13.9 Å². The number of aromatic nitrogens is 4. The molecular weight excluding hydrogens is 376 g/mol. The molecular formula is C20H16N4O3S. The van der Waals surface area contributed by atoms with Gasteiger partial charge >= 0.3 is 0 Å². The predicted molar refractivity (Wildman–Crippen MR) is 106 cm³/mol. The van der Waals surface area contributed by atoms with Crippen molar-refractivity contribution in [1.82, 2.24) is 19.8 Å². The highest BCUT2D eigenvalue weighted by Gasteiger charge is 2.17. The van der Waals surface area contributed by atoms with Gasteiger partial charge in [0.2, 0.25) is 10.8 Å². The quantitative estimate of drug-likeness (QED) is 0.446. The number of fused-ring (bicyclic) bond motifs is 2. The van der Waals surface area contributed by atoms with Crippen molar-refractivity contribution in [2.24, 2.45) is 0 Å². The maximum atomic E-state index is 5.91. The Morgan fingerprint density at radius 2 is 1.86 bits per heavy atom. The standard InChI is InChI=1S/C20H16N4O3S/c1-25-15-8-7-12(9-16(15)26-2)10-18-23-24-19(21-22-20(24)28-18)17-11-13-5-3-4-6-14(13)27-17/h3-9,11H,10H2,1-2H3. The third-order valence-corrected chi connectivity index (χ3v) is 5.38. The first-order valence-electron chi connectivity index (χ1n) is 8.66. The molecule has 0 unspecified atom stereocenters. The minimum atomic E-state index is 0.598. The van der Waals surface area contributed by atoms with Crippen LogP contribution in [-0.2, 0) is 6.42 Å². The molecule has 140 valence electrons. The molecule has 0 atom stereocenters. The van der Waals surface area contributed by atoms with Gasteiger partial charge in [0.05, 0.1) is 14.2 Å². The SMILES string of the molecule is COc1ccc(Cc2nn3c(-c4cc5ccccc5o4)nnc3s2)cc1OC. The highest BCUT2D eigenvalue weighted by atomic mass is 32.1. The van der Waals surface area contributed by atoms with E-state index in [2.05, 4.69) is 10.2 Å². The van der Waals surface area contributed by atoms with Crippen molar-refractivity contribution in [3.8, 4) is 23.1 Å². The molecule has 0 aliphatic heterocycles. The molecule has 0 aliphatic carbocycles. The van der Waals surface area contributed by atoms with Crippen LogP contribution >= 0.6 is 11.3 Å². The lowest BCUT2D eigenvalue weighted by atomic mass is 10.1. The Hall–Kier alpha value is -3.39. The van der Waals surface area contributed by atoms with Crippen molar-refractivity contribution >= 4 is 27.3 Å². The van der Waals surface area contributed by atoms with E-state index in [9.17, 15) is 0 Å². The van der Waals surface area contributed by atoms with Gasteiger partial charge in [0.25, 0.3) is 0 Å². The fraction of sp³-hybridized carbons (Fsp3) is 0.150. The number of para-hydroxylation sites is 1. The molecule has 0 saturated carbocycles. The minimum absolute atomic E-state index is 0.598. The second kappa shape index (κ2) is 6.65. The number of ether oxygens (including phenoxy) is 2. The Kier molecular flexibility index (Phi) is 3.98. The normalized spacial score (nSPS) is 11.4. The van der Waals surface area contributed by atoms with Crippen molar-refractivity contribution in [1.29, 1.82) is 0 Å². The summed E-state index contributed by atoms with van der Waals surface area (Å²) in [5.74, 6) is 2.65. The molecule has 0 N–H and O–H groups in total. The van der Waals surface area contributed by atoms with Crippen molar-refractivity contribution in [3.05, 3.63) is 59.1 Å².